The standard InChI is InChI=1S/C16H25N3O/c1-4-11-19(12-15(20)18(2)3)14-9-5-7-13-8-6-10-17-16(13)14/h5,7,9,17H,4,6,8,10-12H2,1-3H3. The summed E-state index contributed by atoms with van der Waals surface area (Å²) in [6.45, 7) is 4.51. The molecule has 0 saturated heterocycles. The Morgan fingerprint density at radius 1 is 1.35 bits per heavy atom. The molecule has 0 spiro atoms. The number of aryl methyl sites for hydroxylation is 1. The molecular weight excluding hydrogens is 250 g/mol. The summed E-state index contributed by atoms with van der Waals surface area (Å²) in [4.78, 5) is 15.9. The molecular formula is C16H25N3O. The number of amides is 1. The zero-order chi connectivity index (χ0) is 14.5. The van der Waals surface area contributed by atoms with Crippen molar-refractivity contribution in [3.63, 3.8) is 0 Å². The van der Waals surface area contributed by atoms with Gasteiger partial charge >= 0.3 is 0 Å². The minimum atomic E-state index is 0.145. The third kappa shape index (κ3) is 3.24. The fourth-order valence-electron chi connectivity index (χ4n) is 2.61. The van der Waals surface area contributed by atoms with E-state index < -0.39 is 0 Å². The van der Waals surface area contributed by atoms with E-state index in [0.29, 0.717) is 6.54 Å². The number of fused-ring (bicyclic) bond motifs is 1. The van der Waals surface area contributed by atoms with Crippen LogP contribution in [-0.2, 0) is 11.2 Å². The topological polar surface area (TPSA) is 35.6 Å². The van der Waals surface area contributed by atoms with Gasteiger partial charge in [0, 0.05) is 27.2 Å². The van der Waals surface area contributed by atoms with Crippen LogP contribution in [0.4, 0.5) is 11.4 Å². The van der Waals surface area contributed by atoms with Crippen molar-refractivity contribution < 1.29 is 4.79 Å². The number of rotatable bonds is 5. The van der Waals surface area contributed by atoms with Crippen LogP contribution in [0.1, 0.15) is 25.3 Å². The Morgan fingerprint density at radius 3 is 2.85 bits per heavy atom. The smallest absolute Gasteiger partial charge is 0.241 e. The number of carbonyl (C=O) groups excluding carboxylic acids is 1. The zero-order valence-corrected chi connectivity index (χ0v) is 12.8. The van der Waals surface area contributed by atoms with E-state index in [1.807, 2.05) is 14.1 Å². The molecule has 2 rings (SSSR count). The lowest BCUT2D eigenvalue weighted by atomic mass is 10.0. The van der Waals surface area contributed by atoms with Crippen LogP contribution in [0, 0.1) is 0 Å². The highest BCUT2D eigenvalue weighted by Gasteiger charge is 2.19. The third-order valence-corrected chi connectivity index (χ3v) is 3.71. The van der Waals surface area contributed by atoms with Gasteiger partial charge in [-0.25, -0.2) is 0 Å². The molecule has 1 N–H and O–H groups in total. The van der Waals surface area contributed by atoms with Gasteiger partial charge in [0.2, 0.25) is 5.91 Å². The van der Waals surface area contributed by atoms with Gasteiger partial charge in [0.25, 0.3) is 0 Å². The van der Waals surface area contributed by atoms with Crippen molar-refractivity contribution in [3.05, 3.63) is 23.8 Å². The van der Waals surface area contributed by atoms with E-state index in [4.69, 9.17) is 0 Å². The molecule has 4 nitrogen and oxygen atoms in total. The second kappa shape index (κ2) is 6.64. The highest BCUT2D eigenvalue weighted by Crippen LogP contribution is 2.33. The molecule has 0 saturated carbocycles. The SMILES string of the molecule is CCCN(CC(=O)N(C)C)c1cccc2c1NCCC2. The van der Waals surface area contributed by atoms with E-state index in [1.54, 1.807) is 4.90 Å². The summed E-state index contributed by atoms with van der Waals surface area (Å²) in [5.41, 5.74) is 3.75. The molecule has 0 atom stereocenters. The van der Waals surface area contributed by atoms with Gasteiger partial charge in [0.1, 0.15) is 0 Å². The Morgan fingerprint density at radius 2 is 2.15 bits per heavy atom. The van der Waals surface area contributed by atoms with Gasteiger partial charge in [-0.05, 0) is 30.9 Å². The molecule has 1 amide bonds. The number of hydrogen-bond donors (Lipinski definition) is 1. The van der Waals surface area contributed by atoms with Crippen LogP contribution >= 0.6 is 0 Å². The Balaban J connectivity index is 2.27. The molecule has 1 aromatic carbocycles. The number of carbonyl (C=O) groups is 1. The fourth-order valence-corrected chi connectivity index (χ4v) is 2.61. The van der Waals surface area contributed by atoms with E-state index in [-0.39, 0.29) is 5.91 Å². The Kier molecular flexibility index (Phi) is 4.88. The average molecular weight is 275 g/mol. The Hall–Kier alpha value is -1.71. The van der Waals surface area contributed by atoms with Crippen molar-refractivity contribution in [2.45, 2.75) is 26.2 Å². The maximum absolute atomic E-state index is 12.0. The van der Waals surface area contributed by atoms with Crippen LogP contribution in [0.15, 0.2) is 18.2 Å². The van der Waals surface area contributed by atoms with Gasteiger partial charge in [-0.15, -0.1) is 0 Å². The van der Waals surface area contributed by atoms with Crippen LogP contribution in [0.3, 0.4) is 0 Å². The second-order valence-corrected chi connectivity index (χ2v) is 5.55. The molecule has 0 unspecified atom stereocenters. The van der Waals surface area contributed by atoms with E-state index >= 15 is 0 Å². The second-order valence-electron chi connectivity index (χ2n) is 5.55. The summed E-state index contributed by atoms with van der Waals surface area (Å²) >= 11 is 0. The van der Waals surface area contributed by atoms with Crippen LogP contribution in [0.5, 0.6) is 0 Å². The van der Waals surface area contributed by atoms with Crippen LogP contribution in [-0.4, -0.2) is 44.5 Å². The van der Waals surface area contributed by atoms with Gasteiger partial charge in [-0.3, -0.25) is 4.79 Å². The summed E-state index contributed by atoms with van der Waals surface area (Å²) < 4.78 is 0. The first-order chi connectivity index (χ1) is 9.63. The molecule has 1 heterocycles. The highest BCUT2D eigenvalue weighted by atomic mass is 16.2. The molecule has 0 bridgehead atoms. The molecule has 1 aromatic rings. The highest BCUT2D eigenvalue weighted by molar-refractivity contribution is 5.84. The maximum atomic E-state index is 12.0. The van der Waals surface area contributed by atoms with Crippen molar-refractivity contribution in [2.75, 3.05) is 43.9 Å². The first-order valence-corrected chi connectivity index (χ1v) is 7.44. The quantitative estimate of drug-likeness (QED) is 0.896. The van der Waals surface area contributed by atoms with Crippen molar-refractivity contribution in [1.82, 2.24) is 4.90 Å². The lowest BCUT2D eigenvalue weighted by molar-refractivity contribution is -0.127. The molecule has 0 aromatic heterocycles. The first kappa shape index (κ1) is 14.7. The number of nitrogens with one attached hydrogen (secondary N) is 1. The number of hydrogen-bond acceptors (Lipinski definition) is 3. The van der Waals surface area contributed by atoms with Crippen LogP contribution in [0.25, 0.3) is 0 Å². The summed E-state index contributed by atoms with van der Waals surface area (Å²) in [7, 11) is 3.62. The molecule has 20 heavy (non-hydrogen) atoms. The van der Waals surface area contributed by atoms with E-state index in [2.05, 4.69) is 35.3 Å². The van der Waals surface area contributed by atoms with Crippen molar-refractivity contribution >= 4 is 17.3 Å². The van der Waals surface area contributed by atoms with Crippen molar-refractivity contribution in [2.24, 2.45) is 0 Å². The van der Waals surface area contributed by atoms with E-state index in [1.165, 1.54) is 23.4 Å². The largest absolute Gasteiger partial charge is 0.383 e. The Bertz CT molecular complexity index is 471. The molecule has 1 aliphatic rings. The van der Waals surface area contributed by atoms with E-state index in [0.717, 1.165) is 25.9 Å². The Labute approximate surface area is 121 Å². The van der Waals surface area contributed by atoms with Crippen molar-refractivity contribution in [3.8, 4) is 0 Å². The number of likely N-dealkylation sites (N-methyl/N-ethyl adjacent to an activating group) is 1. The predicted octanol–water partition coefficient (Wildman–Crippen LogP) is 2.35. The first-order valence-electron chi connectivity index (χ1n) is 7.44. The molecule has 0 radical (unpaired) electrons. The van der Waals surface area contributed by atoms with Crippen LogP contribution < -0.4 is 10.2 Å². The molecule has 0 fully saturated rings. The fraction of sp³-hybridized carbons (Fsp3) is 0.562. The normalized spacial score (nSPS) is 13.3. The molecule has 110 valence electrons. The lowest BCUT2D eigenvalue weighted by Crippen LogP contribution is -2.37. The maximum Gasteiger partial charge on any atom is 0.241 e. The van der Waals surface area contributed by atoms with Gasteiger partial charge in [-0.2, -0.15) is 0 Å². The number of nitrogens with zero attached hydrogens (tertiary/aromatic N) is 2. The molecule has 1 aliphatic heterocycles. The van der Waals surface area contributed by atoms with Crippen molar-refractivity contribution in [1.29, 1.82) is 0 Å². The number of anilines is 2. The summed E-state index contributed by atoms with van der Waals surface area (Å²) in [5, 5.41) is 3.51. The average Bonchev–Trinajstić information content (AvgIpc) is 2.46. The predicted molar refractivity (Wildman–Crippen MR) is 84.5 cm³/mol. The minimum absolute atomic E-state index is 0.145. The van der Waals surface area contributed by atoms with Gasteiger partial charge in [0.15, 0.2) is 0 Å². The summed E-state index contributed by atoms with van der Waals surface area (Å²) in [5.74, 6) is 0.145. The molecule has 0 aliphatic carbocycles. The number of para-hydroxylation sites is 1. The van der Waals surface area contributed by atoms with Gasteiger partial charge < -0.3 is 15.1 Å². The summed E-state index contributed by atoms with van der Waals surface area (Å²) in [6.07, 6.45) is 3.34. The zero-order valence-electron chi connectivity index (χ0n) is 12.8. The van der Waals surface area contributed by atoms with E-state index in [9.17, 15) is 4.79 Å². The monoisotopic (exact) mass is 275 g/mol. The number of benzene rings is 1. The van der Waals surface area contributed by atoms with Crippen LogP contribution in [0.2, 0.25) is 0 Å². The minimum Gasteiger partial charge on any atom is -0.383 e. The molecule has 4 heteroatoms. The van der Waals surface area contributed by atoms with Gasteiger partial charge in [0.05, 0.1) is 17.9 Å². The lowest BCUT2D eigenvalue weighted by Gasteiger charge is -2.30. The van der Waals surface area contributed by atoms with Gasteiger partial charge in [-0.1, -0.05) is 19.1 Å². The summed E-state index contributed by atoms with van der Waals surface area (Å²) in [6, 6.07) is 6.41. The third-order valence-electron chi connectivity index (χ3n) is 3.71.